The van der Waals surface area contributed by atoms with Crippen LogP contribution in [0.4, 0.5) is 23.2 Å². The second-order valence-electron chi connectivity index (χ2n) is 10.2. The quantitative estimate of drug-likeness (QED) is 0.0884. The van der Waals surface area contributed by atoms with E-state index in [0.29, 0.717) is 34.2 Å². The molecule has 0 radical (unpaired) electrons. The van der Waals surface area contributed by atoms with Crippen LogP contribution in [0.5, 0.6) is 0 Å². The van der Waals surface area contributed by atoms with Crippen LogP contribution in [0.2, 0.25) is 0 Å². The van der Waals surface area contributed by atoms with E-state index in [1.807, 2.05) is 41.0 Å². The maximum absolute atomic E-state index is 13.9. The fourth-order valence-corrected chi connectivity index (χ4v) is 4.34. The van der Waals surface area contributed by atoms with Crippen molar-refractivity contribution in [3.8, 4) is 0 Å². The lowest BCUT2D eigenvalue weighted by Gasteiger charge is -2.27. The number of carbonyl (C=O) groups excluding carboxylic acids is 2. The highest BCUT2D eigenvalue weighted by atomic mass is 19.4. The van der Waals surface area contributed by atoms with Crippen molar-refractivity contribution in [3.63, 3.8) is 0 Å². The average molecular weight is 598 g/mol. The number of halogens is 4. The number of nitrogens with one attached hydrogen (secondary N) is 2. The Kier molecular flexibility index (Phi) is 10.1. The van der Waals surface area contributed by atoms with Crippen LogP contribution < -0.4 is 20.6 Å². The lowest BCUT2D eigenvalue weighted by atomic mass is 10.1. The monoisotopic (exact) mass is 597 g/mol. The fraction of sp³-hybridized carbons (Fsp3) is 0.194. The standard InChI is InChI=1S/C29H30FN5O.C2HF3O2/c1-4-14-35(2,3)25-11-8-20(9-12-25)18-33-29(36)27-17-23-16-24(30)10-13-26(23)34(27)19-21-6-5-7-22(15-21)28(31)32;3-2(4,5)1(6)7/h4-13,15-17H,1,14,18-19H2,2-3H3,(H3-,31,32,33,36);(H,6,7). The predicted octanol–water partition coefficient (Wildman–Crippen LogP) is 4.09. The molecule has 8 nitrogen and oxygen atoms in total. The number of carboxylic acids is 1. The Hall–Kier alpha value is -4.97. The number of carboxylic acid groups (broad SMARTS) is 1. The molecule has 43 heavy (non-hydrogen) atoms. The summed E-state index contributed by atoms with van der Waals surface area (Å²) in [5.74, 6) is -3.64. The van der Waals surface area contributed by atoms with Crippen molar-refractivity contribution in [3.05, 3.63) is 114 Å². The van der Waals surface area contributed by atoms with Gasteiger partial charge in [-0.2, -0.15) is 13.2 Å². The van der Waals surface area contributed by atoms with Crippen molar-refractivity contribution in [1.82, 2.24) is 14.4 Å². The summed E-state index contributed by atoms with van der Waals surface area (Å²) in [6, 6.07) is 21.7. The number of aromatic nitrogens is 1. The second-order valence-corrected chi connectivity index (χ2v) is 10.2. The average Bonchev–Trinajstić information content (AvgIpc) is 3.29. The number of alkyl halides is 3. The Labute approximate surface area is 245 Å². The number of quaternary nitrogens is 1. The number of benzene rings is 3. The number of nitrogens with zero attached hydrogens (tertiary/aromatic N) is 2. The summed E-state index contributed by atoms with van der Waals surface area (Å²) in [5.41, 5.74) is 10.5. The lowest BCUT2D eigenvalue weighted by Crippen LogP contribution is -2.40. The molecule has 0 fully saturated rings. The van der Waals surface area contributed by atoms with Crippen molar-refractivity contribution in [1.29, 1.82) is 5.41 Å². The highest BCUT2D eigenvalue weighted by Gasteiger charge is 2.28. The van der Waals surface area contributed by atoms with Crippen molar-refractivity contribution < 1.29 is 32.3 Å². The van der Waals surface area contributed by atoms with Gasteiger partial charge in [-0.3, -0.25) is 14.7 Å². The number of aliphatic carboxylic acids is 1. The summed E-state index contributed by atoms with van der Waals surface area (Å²) in [4.78, 5) is 22.1. The van der Waals surface area contributed by atoms with Crippen molar-refractivity contribution in [2.24, 2.45) is 5.73 Å². The van der Waals surface area contributed by atoms with Crippen LogP contribution in [0.1, 0.15) is 27.2 Å². The Morgan fingerprint density at radius 3 is 2.28 bits per heavy atom. The molecule has 0 aliphatic heterocycles. The third kappa shape index (κ3) is 8.52. The van der Waals surface area contributed by atoms with Crippen molar-refractivity contribution in [2.75, 3.05) is 20.6 Å². The number of amides is 1. The minimum absolute atomic E-state index is 0.0213. The highest BCUT2D eigenvalue weighted by Crippen LogP contribution is 2.24. The van der Waals surface area contributed by atoms with E-state index in [9.17, 15) is 22.4 Å². The van der Waals surface area contributed by atoms with Crippen LogP contribution in [-0.2, 0) is 17.9 Å². The van der Waals surface area contributed by atoms with E-state index in [1.165, 1.54) is 12.1 Å². The van der Waals surface area contributed by atoms with Crippen LogP contribution in [0.25, 0.3) is 10.9 Å². The zero-order valence-corrected chi connectivity index (χ0v) is 23.5. The first-order valence-corrected chi connectivity index (χ1v) is 12.9. The Morgan fingerprint density at radius 1 is 1.05 bits per heavy atom. The maximum Gasteiger partial charge on any atom is 0.430 e. The molecular weight excluding hydrogens is 566 g/mol. The summed E-state index contributed by atoms with van der Waals surface area (Å²) in [7, 11) is 4.23. The number of nitrogens with two attached hydrogens (primary N) is 1. The maximum atomic E-state index is 13.9. The molecule has 0 saturated heterocycles. The van der Waals surface area contributed by atoms with E-state index in [0.717, 1.165) is 28.9 Å². The fourth-order valence-electron chi connectivity index (χ4n) is 4.34. The largest absolute Gasteiger partial charge is 0.542 e. The van der Waals surface area contributed by atoms with Crippen LogP contribution >= 0.6 is 0 Å². The van der Waals surface area contributed by atoms with Gasteiger partial charge in [-0.15, -0.1) is 0 Å². The van der Waals surface area contributed by atoms with Gasteiger partial charge in [-0.1, -0.05) is 36.9 Å². The SMILES string of the molecule is C=CC[N+](C)(C)c1ccc(CNC(=O)c2cc3cc(F)ccc3n2Cc2cccc(C(=N)N)c2)cc1.O=C([O-])C(F)(F)F. The van der Waals surface area contributed by atoms with Gasteiger partial charge >= 0.3 is 6.18 Å². The minimum atomic E-state index is -5.19. The van der Waals surface area contributed by atoms with Crippen molar-refractivity contribution >= 4 is 34.3 Å². The Balaban J connectivity index is 0.000000646. The van der Waals surface area contributed by atoms with Crippen LogP contribution in [0.15, 0.2) is 85.5 Å². The van der Waals surface area contributed by atoms with E-state index < -0.39 is 12.1 Å². The molecule has 4 aromatic rings. The lowest BCUT2D eigenvalue weighted by molar-refractivity contribution is -0.344. The van der Waals surface area contributed by atoms with E-state index in [2.05, 4.69) is 38.1 Å². The Bertz CT molecular complexity index is 1640. The van der Waals surface area contributed by atoms with E-state index in [4.69, 9.17) is 21.0 Å². The summed E-state index contributed by atoms with van der Waals surface area (Å²) in [6.45, 7) is 5.39. The molecule has 0 spiro atoms. The van der Waals surface area contributed by atoms with Crippen LogP contribution in [-0.4, -0.2) is 49.1 Å². The molecule has 0 saturated carbocycles. The molecule has 1 amide bonds. The van der Waals surface area contributed by atoms with Gasteiger partial charge < -0.3 is 25.5 Å². The molecule has 0 aliphatic rings. The van der Waals surface area contributed by atoms with Gasteiger partial charge in [0.2, 0.25) is 0 Å². The van der Waals surface area contributed by atoms with Crippen molar-refractivity contribution in [2.45, 2.75) is 19.3 Å². The summed E-state index contributed by atoms with van der Waals surface area (Å²) in [5, 5.41) is 20.1. The molecule has 0 aliphatic carbocycles. The third-order valence-electron chi connectivity index (χ3n) is 6.58. The molecule has 1 heterocycles. The van der Waals surface area contributed by atoms with Crippen LogP contribution in [0, 0.1) is 11.2 Å². The number of amidine groups is 1. The first-order chi connectivity index (χ1) is 20.1. The van der Waals surface area contributed by atoms with Crippen LogP contribution in [0.3, 0.4) is 0 Å². The first kappa shape index (κ1) is 32.5. The summed E-state index contributed by atoms with van der Waals surface area (Å²) >= 11 is 0. The zero-order valence-electron chi connectivity index (χ0n) is 23.5. The molecule has 0 atom stereocenters. The van der Waals surface area contributed by atoms with Gasteiger partial charge in [-0.25, -0.2) is 4.39 Å². The third-order valence-corrected chi connectivity index (χ3v) is 6.58. The number of nitrogen functional groups attached to an aromatic ring is 1. The molecule has 226 valence electrons. The number of carbonyl (C=O) groups is 2. The van der Waals surface area contributed by atoms with Gasteiger partial charge in [0, 0.05) is 29.6 Å². The smallest absolute Gasteiger partial charge is 0.430 e. The first-order valence-electron chi connectivity index (χ1n) is 12.9. The van der Waals surface area contributed by atoms with Gasteiger partial charge in [-0.05, 0) is 59.7 Å². The normalized spacial score (nSPS) is 11.4. The van der Waals surface area contributed by atoms with E-state index >= 15 is 0 Å². The molecule has 1 aromatic heterocycles. The molecule has 4 rings (SSSR count). The van der Waals surface area contributed by atoms with E-state index in [1.54, 1.807) is 18.2 Å². The predicted molar refractivity (Wildman–Crippen MR) is 156 cm³/mol. The number of hydrogen-bond acceptors (Lipinski definition) is 4. The molecule has 4 N–H and O–H groups in total. The highest BCUT2D eigenvalue weighted by molar-refractivity contribution is 5.99. The molecular formula is C31H31F4N5O3. The summed E-state index contributed by atoms with van der Waals surface area (Å²) < 4.78 is 48.0. The zero-order chi connectivity index (χ0) is 31.9. The van der Waals surface area contributed by atoms with Gasteiger partial charge in [0.25, 0.3) is 5.91 Å². The molecule has 3 aromatic carbocycles. The second kappa shape index (κ2) is 13.3. The number of likely N-dealkylation sites (N-methyl/N-ethyl adjacent to an activating group) is 1. The number of fused-ring (bicyclic) bond motifs is 1. The van der Waals surface area contributed by atoms with Gasteiger partial charge in [0.05, 0.1) is 14.1 Å². The number of hydrogen-bond donors (Lipinski definition) is 3. The summed E-state index contributed by atoms with van der Waals surface area (Å²) in [6.07, 6.45) is -3.30. The van der Waals surface area contributed by atoms with Gasteiger partial charge in [0.1, 0.15) is 35.5 Å². The molecule has 0 unspecified atom stereocenters. The van der Waals surface area contributed by atoms with E-state index in [-0.39, 0.29) is 17.6 Å². The Morgan fingerprint density at radius 2 is 1.70 bits per heavy atom. The topological polar surface area (TPSA) is 124 Å². The minimum Gasteiger partial charge on any atom is -0.542 e. The van der Waals surface area contributed by atoms with Gasteiger partial charge in [0.15, 0.2) is 0 Å². The molecule has 12 heteroatoms. The molecule has 0 bridgehead atoms. The number of rotatable bonds is 9.